The fourth-order valence-electron chi connectivity index (χ4n) is 3.23. The van der Waals surface area contributed by atoms with Crippen molar-refractivity contribution in [1.82, 2.24) is 9.47 Å². The lowest BCUT2D eigenvalue weighted by Gasteiger charge is -2.24. The van der Waals surface area contributed by atoms with Crippen LogP contribution in [0.25, 0.3) is 0 Å². The number of carbonyl (C=O) groups excluding carboxylic acids is 1. The molecule has 6 heteroatoms. The predicted octanol–water partition coefficient (Wildman–Crippen LogP) is 5.63. The second-order valence-electron chi connectivity index (χ2n) is 6.84. The summed E-state index contributed by atoms with van der Waals surface area (Å²) in [6.45, 7) is 2.48. The summed E-state index contributed by atoms with van der Waals surface area (Å²) in [5.41, 5.74) is 2.87. The van der Waals surface area contributed by atoms with Gasteiger partial charge in [-0.2, -0.15) is 0 Å². The number of nitrogens with zero attached hydrogens (tertiary/aromatic N) is 2. The molecule has 0 aliphatic rings. The summed E-state index contributed by atoms with van der Waals surface area (Å²) in [6, 6.07) is 19.4. The summed E-state index contributed by atoms with van der Waals surface area (Å²) >= 11 is 9.58. The molecule has 1 aromatic heterocycles. The number of aromatic nitrogens is 1. The average molecular weight is 476 g/mol. The summed E-state index contributed by atoms with van der Waals surface area (Å²) in [7, 11) is 1.68. The van der Waals surface area contributed by atoms with Crippen molar-refractivity contribution < 1.29 is 9.53 Å². The molecule has 3 rings (SSSR count). The maximum Gasteiger partial charge on any atom is 0.254 e. The van der Waals surface area contributed by atoms with Crippen LogP contribution in [0.2, 0.25) is 5.02 Å². The van der Waals surface area contributed by atoms with E-state index in [0.29, 0.717) is 31.8 Å². The summed E-state index contributed by atoms with van der Waals surface area (Å²) in [5.74, 6) is 0.0120. The highest BCUT2D eigenvalue weighted by molar-refractivity contribution is 9.10. The zero-order valence-electron chi connectivity index (χ0n) is 16.4. The van der Waals surface area contributed by atoms with E-state index < -0.39 is 0 Å². The van der Waals surface area contributed by atoms with Gasteiger partial charge >= 0.3 is 0 Å². The Bertz CT molecular complexity index is 957. The number of hydrogen-bond acceptors (Lipinski definition) is 2. The van der Waals surface area contributed by atoms with Crippen molar-refractivity contribution in [1.29, 1.82) is 0 Å². The zero-order valence-corrected chi connectivity index (χ0v) is 18.7. The molecule has 1 heterocycles. The van der Waals surface area contributed by atoms with Gasteiger partial charge in [0.1, 0.15) is 0 Å². The lowest BCUT2D eigenvalue weighted by atomic mass is 10.2. The normalized spacial score (nSPS) is 10.9. The van der Waals surface area contributed by atoms with Crippen LogP contribution in [0.4, 0.5) is 0 Å². The van der Waals surface area contributed by atoms with Crippen molar-refractivity contribution in [2.45, 2.75) is 19.5 Å². The Morgan fingerprint density at radius 2 is 1.97 bits per heavy atom. The molecule has 0 bridgehead atoms. The Labute approximate surface area is 185 Å². The Morgan fingerprint density at radius 1 is 1.14 bits per heavy atom. The number of rotatable bonds is 9. The summed E-state index contributed by atoms with van der Waals surface area (Å²) in [5, 5.41) is 0.724. The molecule has 2 aromatic carbocycles. The first-order chi connectivity index (χ1) is 14.1. The number of ether oxygens (including phenoxy) is 1. The number of methoxy groups -OCH3 is 1. The molecule has 0 atom stereocenters. The second-order valence-corrected chi connectivity index (χ2v) is 8.19. The van der Waals surface area contributed by atoms with E-state index in [1.807, 2.05) is 59.6 Å². The molecule has 0 saturated heterocycles. The molecule has 0 radical (unpaired) electrons. The van der Waals surface area contributed by atoms with Crippen molar-refractivity contribution in [3.8, 4) is 0 Å². The van der Waals surface area contributed by atoms with Crippen LogP contribution in [0.3, 0.4) is 0 Å². The highest BCUT2D eigenvalue weighted by Gasteiger charge is 2.18. The summed E-state index contributed by atoms with van der Waals surface area (Å²) in [4.78, 5) is 15.0. The van der Waals surface area contributed by atoms with E-state index in [1.165, 1.54) is 0 Å². The van der Waals surface area contributed by atoms with Crippen LogP contribution in [0.5, 0.6) is 0 Å². The molecular formula is C23H24BrClN2O2. The summed E-state index contributed by atoms with van der Waals surface area (Å²) < 4.78 is 8.23. The zero-order chi connectivity index (χ0) is 20.6. The third-order valence-corrected chi connectivity index (χ3v) is 5.38. The van der Waals surface area contributed by atoms with Crippen molar-refractivity contribution in [3.05, 3.63) is 93.2 Å². The fraction of sp³-hybridized carbons (Fsp3) is 0.261. The largest absolute Gasteiger partial charge is 0.385 e. The minimum atomic E-state index is 0.0120. The van der Waals surface area contributed by atoms with E-state index in [1.54, 1.807) is 7.11 Å². The lowest BCUT2D eigenvalue weighted by molar-refractivity contribution is 0.0719. The number of benzene rings is 2. The Balaban J connectivity index is 1.79. The van der Waals surface area contributed by atoms with Gasteiger partial charge in [-0.15, -0.1) is 0 Å². The smallest absolute Gasteiger partial charge is 0.254 e. The molecule has 29 heavy (non-hydrogen) atoms. The van der Waals surface area contributed by atoms with Gasteiger partial charge in [-0.1, -0.05) is 45.7 Å². The van der Waals surface area contributed by atoms with E-state index in [2.05, 4.69) is 32.6 Å². The minimum absolute atomic E-state index is 0.0120. The average Bonchev–Trinajstić information content (AvgIpc) is 3.13. The van der Waals surface area contributed by atoms with Crippen LogP contribution in [0.15, 0.2) is 71.3 Å². The van der Waals surface area contributed by atoms with E-state index in [-0.39, 0.29) is 5.91 Å². The lowest BCUT2D eigenvalue weighted by Crippen LogP contribution is -2.33. The fourth-order valence-corrected chi connectivity index (χ4v) is 3.84. The van der Waals surface area contributed by atoms with Gasteiger partial charge in [0.05, 0.1) is 6.54 Å². The number of halogens is 2. The molecule has 0 fully saturated rings. The molecule has 3 aromatic rings. The van der Waals surface area contributed by atoms with Crippen molar-refractivity contribution in [3.63, 3.8) is 0 Å². The van der Waals surface area contributed by atoms with Gasteiger partial charge in [-0.25, -0.2) is 0 Å². The number of amides is 1. The topological polar surface area (TPSA) is 34.5 Å². The molecule has 0 N–H and O–H groups in total. The van der Waals surface area contributed by atoms with Crippen LogP contribution in [0.1, 0.15) is 28.0 Å². The predicted molar refractivity (Wildman–Crippen MR) is 120 cm³/mol. The van der Waals surface area contributed by atoms with Gasteiger partial charge in [-0.3, -0.25) is 4.79 Å². The highest BCUT2D eigenvalue weighted by Crippen LogP contribution is 2.18. The van der Waals surface area contributed by atoms with Crippen LogP contribution in [0, 0.1) is 0 Å². The molecule has 1 amide bonds. The maximum absolute atomic E-state index is 13.2. The first kappa shape index (κ1) is 21.6. The Morgan fingerprint density at radius 3 is 2.72 bits per heavy atom. The van der Waals surface area contributed by atoms with Gasteiger partial charge in [-0.05, 0) is 54.4 Å². The van der Waals surface area contributed by atoms with Gasteiger partial charge in [0.25, 0.3) is 5.91 Å². The number of hydrogen-bond donors (Lipinski definition) is 0. The Kier molecular flexibility index (Phi) is 7.92. The minimum Gasteiger partial charge on any atom is -0.385 e. The summed E-state index contributed by atoms with van der Waals surface area (Å²) in [6.07, 6.45) is 2.82. The van der Waals surface area contributed by atoms with E-state index in [9.17, 15) is 4.79 Å². The van der Waals surface area contributed by atoms with E-state index in [4.69, 9.17) is 16.3 Å². The monoisotopic (exact) mass is 474 g/mol. The van der Waals surface area contributed by atoms with Crippen LogP contribution in [-0.4, -0.2) is 35.6 Å². The van der Waals surface area contributed by atoms with Crippen molar-refractivity contribution >= 4 is 33.4 Å². The van der Waals surface area contributed by atoms with Crippen molar-refractivity contribution in [2.75, 3.05) is 20.3 Å². The SMILES string of the molecule is COCCCN(Cc1cccn1Cc1cccc(Cl)c1)C(=O)c1cccc(Br)c1. The molecule has 152 valence electrons. The molecule has 0 aliphatic carbocycles. The third kappa shape index (κ3) is 6.20. The standard InChI is InChI=1S/C23H24BrClN2O2/c1-29-13-5-12-27(23(28)19-7-3-8-20(24)15-19)17-22-10-4-11-26(22)16-18-6-2-9-21(25)14-18/h2-4,6-11,14-15H,5,12-13,16-17H2,1H3. The second kappa shape index (κ2) is 10.6. The first-order valence-corrected chi connectivity index (χ1v) is 10.7. The van der Waals surface area contributed by atoms with Gasteiger partial charge in [0, 0.05) is 53.8 Å². The van der Waals surface area contributed by atoms with E-state index in [0.717, 1.165) is 27.2 Å². The third-order valence-electron chi connectivity index (χ3n) is 4.65. The quantitative estimate of drug-likeness (QED) is 0.376. The first-order valence-electron chi connectivity index (χ1n) is 9.49. The highest BCUT2D eigenvalue weighted by atomic mass is 79.9. The van der Waals surface area contributed by atoms with Crippen LogP contribution < -0.4 is 0 Å². The molecule has 4 nitrogen and oxygen atoms in total. The molecule has 0 spiro atoms. The van der Waals surface area contributed by atoms with Crippen LogP contribution >= 0.6 is 27.5 Å². The maximum atomic E-state index is 13.2. The molecule has 0 unspecified atom stereocenters. The molecule has 0 aliphatic heterocycles. The van der Waals surface area contributed by atoms with Gasteiger partial charge < -0.3 is 14.2 Å². The van der Waals surface area contributed by atoms with E-state index >= 15 is 0 Å². The van der Waals surface area contributed by atoms with Crippen molar-refractivity contribution in [2.24, 2.45) is 0 Å². The van der Waals surface area contributed by atoms with Crippen LogP contribution in [-0.2, 0) is 17.8 Å². The molecule has 0 saturated carbocycles. The Hall–Kier alpha value is -2.08. The molecular weight excluding hydrogens is 452 g/mol. The van der Waals surface area contributed by atoms with Gasteiger partial charge in [0.15, 0.2) is 0 Å². The van der Waals surface area contributed by atoms with Gasteiger partial charge in [0.2, 0.25) is 0 Å². The number of carbonyl (C=O) groups is 1.